The van der Waals surface area contributed by atoms with E-state index in [2.05, 4.69) is 19.1 Å². The van der Waals surface area contributed by atoms with Crippen LogP contribution in [0.1, 0.15) is 33.5 Å². The molecule has 1 aliphatic heterocycles. The summed E-state index contributed by atoms with van der Waals surface area (Å²) < 4.78 is 5.72. The number of ether oxygens (including phenoxy) is 1. The predicted octanol–water partition coefficient (Wildman–Crippen LogP) is 2.87. The zero-order valence-electron chi connectivity index (χ0n) is 11.1. The number of aryl methyl sites for hydroxylation is 1. The highest BCUT2D eigenvalue weighted by atomic mass is 32.1. The molecular weight excluding hydrogens is 256 g/mol. The largest absolute Gasteiger partial charge is 0.493 e. The van der Waals surface area contributed by atoms with Gasteiger partial charge in [-0.2, -0.15) is 0 Å². The zero-order chi connectivity index (χ0) is 13.2. The van der Waals surface area contributed by atoms with Gasteiger partial charge in [-0.1, -0.05) is 18.2 Å². The van der Waals surface area contributed by atoms with Gasteiger partial charge in [0.1, 0.15) is 10.8 Å². The van der Waals surface area contributed by atoms with Gasteiger partial charge in [0.25, 0.3) is 0 Å². The standard InChI is InChI=1S/C15H18N2OS/c1-10-14(6-8-16)19-15(17-10)12-7-9-18-13-5-3-2-4-11(12)13/h2-5,12H,6-9,16H2,1H3. The summed E-state index contributed by atoms with van der Waals surface area (Å²) in [4.78, 5) is 6.08. The first-order chi connectivity index (χ1) is 9.29. The van der Waals surface area contributed by atoms with Crippen LogP contribution in [0.25, 0.3) is 0 Å². The van der Waals surface area contributed by atoms with Gasteiger partial charge >= 0.3 is 0 Å². The molecule has 1 unspecified atom stereocenters. The van der Waals surface area contributed by atoms with E-state index in [1.54, 1.807) is 0 Å². The van der Waals surface area contributed by atoms with Crippen LogP contribution in [0.15, 0.2) is 24.3 Å². The van der Waals surface area contributed by atoms with Gasteiger partial charge in [0.05, 0.1) is 12.3 Å². The molecule has 0 fully saturated rings. The predicted molar refractivity (Wildman–Crippen MR) is 78.0 cm³/mol. The van der Waals surface area contributed by atoms with Crippen molar-refractivity contribution >= 4 is 11.3 Å². The Kier molecular flexibility index (Phi) is 3.53. The van der Waals surface area contributed by atoms with Crippen molar-refractivity contribution in [2.24, 2.45) is 5.73 Å². The lowest BCUT2D eigenvalue weighted by molar-refractivity contribution is 0.277. The van der Waals surface area contributed by atoms with Gasteiger partial charge in [-0.3, -0.25) is 0 Å². The van der Waals surface area contributed by atoms with E-state index >= 15 is 0 Å². The van der Waals surface area contributed by atoms with E-state index in [1.807, 2.05) is 23.5 Å². The van der Waals surface area contributed by atoms with Crippen molar-refractivity contribution in [1.29, 1.82) is 0 Å². The third-order valence-corrected chi connectivity index (χ3v) is 4.87. The molecule has 1 aromatic carbocycles. The summed E-state index contributed by atoms with van der Waals surface area (Å²) in [6.07, 6.45) is 1.93. The summed E-state index contributed by atoms with van der Waals surface area (Å²) in [6, 6.07) is 8.29. The van der Waals surface area contributed by atoms with Gasteiger partial charge in [-0.25, -0.2) is 4.98 Å². The number of nitrogens with two attached hydrogens (primary N) is 1. The van der Waals surface area contributed by atoms with Gasteiger partial charge in [0.15, 0.2) is 0 Å². The Hall–Kier alpha value is -1.39. The molecule has 2 heterocycles. The molecule has 100 valence electrons. The number of aromatic nitrogens is 1. The zero-order valence-corrected chi connectivity index (χ0v) is 11.9. The van der Waals surface area contributed by atoms with Crippen LogP contribution in [0.3, 0.4) is 0 Å². The molecule has 4 heteroatoms. The third-order valence-electron chi connectivity index (χ3n) is 3.54. The lowest BCUT2D eigenvalue weighted by atomic mass is 9.94. The van der Waals surface area contributed by atoms with Crippen LogP contribution in [0, 0.1) is 6.92 Å². The Labute approximate surface area is 117 Å². The minimum absolute atomic E-state index is 0.375. The highest BCUT2D eigenvalue weighted by molar-refractivity contribution is 7.11. The maximum atomic E-state index is 5.72. The lowest BCUT2D eigenvalue weighted by Crippen LogP contribution is -2.14. The second kappa shape index (κ2) is 5.31. The van der Waals surface area contributed by atoms with Crippen LogP contribution < -0.4 is 10.5 Å². The monoisotopic (exact) mass is 274 g/mol. The third kappa shape index (κ3) is 2.38. The Balaban J connectivity index is 1.97. The SMILES string of the molecule is Cc1nc(C2CCOc3ccccc32)sc1CCN. The fourth-order valence-corrected chi connectivity index (χ4v) is 3.80. The molecule has 3 rings (SSSR count). The molecule has 0 radical (unpaired) electrons. The quantitative estimate of drug-likeness (QED) is 0.936. The number of para-hydroxylation sites is 1. The molecule has 1 aromatic heterocycles. The Morgan fingerprint density at radius 1 is 1.42 bits per heavy atom. The maximum Gasteiger partial charge on any atom is 0.123 e. The van der Waals surface area contributed by atoms with Gasteiger partial charge in [-0.15, -0.1) is 11.3 Å². The summed E-state index contributed by atoms with van der Waals surface area (Å²) in [6.45, 7) is 3.54. The van der Waals surface area contributed by atoms with Crippen molar-refractivity contribution in [2.75, 3.05) is 13.2 Å². The molecule has 0 spiro atoms. The van der Waals surface area contributed by atoms with E-state index in [1.165, 1.54) is 15.4 Å². The van der Waals surface area contributed by atoms with E-state index < -0.39 is 0 Å². The fourth-order valence-electron chi connectivity index (χ4n) is 2.56. The molecule has 0 amide bonds. The Morgan fingerprint density at radius 3 is 3.11 bits per heavy atom. The number of nitrogens with zero attached hydrogens (tertiary/aromatic N) is 1. The number of thiazole rings is 1. The summed E-state index contributed by atoms with van der Waals surface area (Å²) in [5.41, 5.74) is 8.05. The average Bonchev–Trinajstić information content (AvgIpc) is 2.80. The smallest absolute Gasteiger partial charge is 0.123 e. The molecule has 0 saturated carbocycles. The first-order valence-corrected chi connectivity index (χ1v) is 7.49. The molecular formula is C15H18N2OS. The summed E-state index contributed by atoms with van der Waals surface area (Å²) in [5.74, 6) is 1.38. The van der Waals surface area contributed by atoms with Crippen molar-refractivity contribution in [2.45, 2.75) is 25.7 Å². The number of hydrogen-bond donors (Lipinski definition) is 1. The molecule has 19 heavy (non-hydrogen) atoms. The summed E-state index contributed by atoms with van der Waals surface area (Å²) in [5, 5.41) is 1.21. The molecule has 0 aliphatic carbocycles. The molecule has 1 aliphatic rings. The number of fused-ring (bicyclic) bond motifs is 1. The van der Waals surface area contributed by atoms with E-state index in [-0.39, 0.29) is 0 Å². The van der Waals surface area contributed by atoms with E-state index in [9.17, 15) is 0 Å². The van der Waals surface area contributed by atoms with E-state index in [4.69, 9.17) is 15.5 Å². The molecule has 2 aromatic rings. The average molecular weight is 274 g/mol. The van der Waals surface area contributed by atoms with Crippen molar-refractivity contribution < 1.29 is 4.74 Å². The molecule has 3 nitrogen and oxygen atoms in total. The minimum atomic E-state index is 0.375. The normalized spacial score (nSPS) is 17.9. The van der Waals surface area contributed by atoms with E-state index in [0.717, 1.165) is 30.9 Å². The number of hydrogen-bond acceptors (Lipinski definition) is 4. The van der Waals surface area contributed by atoms with Crippen LogP contribution in [0.2, 0.25) is 0 Å². The van der Waals surface area contributed by atoms with Crippen LogP contribution >= 0.6 is 11.3 Å². The van der Waals surface area contributed by atoms with Gasteiger partial charge < -0.3 is 10.5 Å². The first kappa shape index (κ1) is 12.6. The molecule has 0 bridgehead atoms. The molecule has 1 atom stereocenters. The molecule has 2 N–H and O–H groups in total. The summed E-state index contributed by atoms with van der Waals surface area (Å²) >= 11 is 1.81. The highest BCUT2D eigenvalue weighted by Crippen LogP contribution is 2.39. The second-order valence-corrected chi connectivity index (χ2v) is 5.94. The van der Waals surface area contributed by atoms with Crippen molar-refractivity contribution in [3.63, 3.8) is 0 Å². The van der Waals surface area contributed by atoms with Gasteiger partial charge in [0, 0.05) is 16.4 Å². The maximum absolute atomic E-state index is 5.72. The van der Waals surface area contributed by atoms with E-state index in [0.29, 0.717) is 12.5 Å². The number of benzene rings is 1. The van der Waals surface area contributed by atoms with Gasteiger partial charge in [0.2, 0.25) is 0 Å². The van der Waals surface area contributed by atoms with Crippen molar-refractivity contribution in [3.8, 4) is 5.75 Å². The second-order valence-electron chi connectivity index (χ2n) is 4.83. The Bertz CT molecular complexity index is 579. The minimum Gasteiger partial charge on any atom is -0.493 e. The van der Waals surface area contributed by atoms with Crippen LogP contribution in [0.4, 0.5) is 0 Å². The van der Waals surface area contributed by atoms with Crippen LogP contribution in [-0.4, -0.2) is 18.1 Å². The van der Waals surface area contributed by atoms with Crippen LogP contribution in [-0.2, 0) is 6.42 Å². The lowest BCUT2D eigenvalue weighted by Gasteiger charge is -2.24. The fraction of sp³-hybridized carbons (Fsp3) is 0.400. The van der Waals surface area contributed by atoms with Gasteiger partial charge in [-0.05, 0) is 32.4 Å². The highest BCUT2D eigenvalue weighted by Gasteiger charge is 2.25. The first-order valence-electron chi connectivity index (χ1n) is 6.67. The topological polar surface area (TPSA) is 48.1 Å². The number of rotatable bonds is 3. The van der Waals surface area contributed by atoms with Crippen molar-refractivity contribution in [1.82, 2.24) is 4.98 Å². The summed E-state index contributed by atoms with van der Waals surface area (Å²) in [7, 11) is 0. The molecule has 0 saturated heterocycles. The Morgan fingerprint density at radius 2 is 2.26 bits per heavy atom. The van der Waals surface area contributed by atoms with Crippen LogP contribution in [0.5, 0.6) is 5.75 Å². The van der Waals surface area contributed by atoms with Crippen molar-refractivity contribution in [3.05, 3.63) is 45.4 Å².